The molecule has 0 atom stereocenters. The molecule has 0 bridgehead atoms. The Balaban J connectivity index is 4.95. The van der Waals surface area contributed by atoms with E-state index in [-0.39, 0.29) is 0 Å². The highest BCUT2D eigenvalue weighted by Gasteiger charge is 2.42. The smallest absolute Gasteiger partial charge is 0.391 e. The molecule has 0 spiro atoms. The maximum Gasteiger partial charge on any atom is 0.391 e. The van der Waals surface area contributed by atoms with Crippen molar-refractivity contribution >= 4 is 15.9 Å². The first-order chi connectivity index (χ1) is 4.19. The lowest BCUT2D eigenvalue weighted by Gasteiger charge is -2.15. The third-order valence-electron chi connectivity index (χ3n) is 0.724. The van der Waals surface area contributed by atoms with Crippen LogP contribution in [0.2, 0.25) is 0 Å². The second-order valence-electron chi connectivity index (χ2n) is 1.53. The Labute approximate surface area is 55.6 Å². The fourth-order valence-electron chi connectivity index (χ4n) is 0.176. The summed E-state index contributed by atoms with van der Waals surface area (Å²) in [5.74, 6) is -1.97. The number of carbonyl (C=O) groups excluding carboxylic acids is 1. The highest BCUT2D eigenvalue weighted by Crippen LogP contribution is 2.20. The largest absolute Gasteiger partial charge is 0.743 e. The molecule has 0 unspecified atom stereocenters. The molecule has 0 N–H and O–H groups in total. The van der Waals surface area contributed by atoms with Crippen molar-refractivity contribution < 1.29 is 26.5 Å². The number of hydrogen-bond acceptors (Lipinski definition) is 4. The maximum absolute atomic E-state index is 11.8. The van der Waals surface area contributed by atoms with Crippen molar-refractivity contribution in [3.63, 3.8) is 0 Å². The van der Waals surface area contributed by atoms with E-state index in [9.17, 15) is 26.5 Å². The van der Waals surface area contributed by atoms with Gasteiger partial charge in [0.05, 0.1) is 0 Å². The van der Waals surface area contributed by atoms with Gasteiger partial charge in [0.25, 0.3) is 0 Å². The molecule has 7 heteroatoms. The van der Waals surface area contributed by atoms with Gasteiger partial charge in [0.15, 0.2) is 10.1 Å². The van der Waals surface area contributed by atoms with Crippen LogP contribution in [0.1, 0.15) is 6.92 Å². The van der Waals surface area contributed by atoms with Crippen LogP contribution in [0.3, 0.4) is 0 Å². The molecule has 0 aromatic rings. The Bertz CT molecular complexity index is 241. The summed E-state index contributed by atoms with van der Waals surface area (Å²) in [6.07, 6.45) is 0. The summed E-state index contributed by atoms with van der Waals surface area (Å²) in [4.78, 5) is 9.78. The Hall–Kier alpha value is -0.560. The molecule has 0 heterocycles. The van der Waals surface area contributed by atoms with E-state index in [2.05, 4.69) is 0 Å². The van der Waals surface area contributed by atoms with Crippen LogP contribution in [-0.4, -0.2) is 24.0 Å². The second kappa shape index (κ2) is 2.24. The molecule has 0 amide bonds. The number of ketones is 1. The molecular formula is C3H3F2O4S-. The second-order valence-corrected chi connectivity index (χ2v) is 2.95. The Kier molecular flexibility index (Phi) is 2.12. The normalized spacial score (nSPS) is 13.2. The molecule has 0 aliphatic heterocycles. The summed E-state index contributed by atoms with van der Waals surface area (Å²) in [5.41, 5.74) is 0. The molecule has 60 valence electrons. The van der Waals surface area contributed by atoms with Gasteiger partial charge in [0.2, 0.25) is 5.78 Å². The number of alkyl halides is 2. The fraction of sp³-hybridized carbons (Fsp3) is 0.667. The van der Waals surface area contributed by atoms with E-state index in [1.165, 1.54) is 0 Å². The zero-order chi connectivity index (χ0) is 8.58. The molecule has 4 nitrogen and oxygen atoms in total. The highest BCUT2D eigenvalue weighted by atomic mass is 32.2. The van der Waals surface area contributed by atoms with Gasteiger partial charge in [-0.3, -0.25) is 4.79 Å². The third kappa shape index (κ3) is 1.48. The molecule has 0 aromatic heterocycles. The van der Waals surface area contributed by atoms with Gasteiger partial charge < -0.3 is 4.55 Å². The molecule has 0 fully saturated rings. The molecule has 0 aliphatic rings. The minimum Gasteiger partial charge on any atom is -0.743 e. The zero-order valence-corrected chi connectivity index (χ0v) is 5.61. The Morgan fingerprint density at radius 3 is 1.80 bits per heavy atom. The standard InChI is InChI=1S/C3H4F2O4S/c1-2(6)3(4,5)10(7,8)9/h1H3,(H,7,8,9)/p-1. The van der Waals surface area contributed by atoms with E-state index in [0.29, 0.717) is 6.92 Å². The van der Waals surface area contributed by atoms with E-state index in [1.807, 2.05) is 0 Å². The lowest BCUT2D eigenvalue weighted by atomic mass is 10.5. The summed E-state index contributed by atoms with van der Waals surface area (Å²) in [7, 11) is -5.83. The van der Waals surface area contributed by atoms with Crippen LogP contribution >= 0.6 is 0 Å². The summed E-state index contributed by atoms with van der Waals surface area (Å²) in [6.45, 7) is 0.329. The molecule has 0 aromatic carbocycles. The van der Waals surface area contributed by atoms with Gasteiger partial charge in [0, 0.05) is 6.92 Å². The van der Waals surface area contributed by atoms with Crippen LogP contribution in [0, 0.1) is 0 Å². The van der Waals surface area contributed by atoms with Gasteiger partial charge in [0.1, 0.15) is 0 Å². The van der Waals surface area contributed by atoms with Crippen molar-refractivity contribution in [3.05, 3.63) is 0 Å². The van der Waals surface area contributed by atoms with Crippen molar-refractivity contribution in [2.75, 3.05) is 0 Å². The monoisotopic (exact) mass is 173 g/mol. The SMILES string of the molecule is CC(=O)C(F)(F)S(=O)(=O)[O-]. The van der Waals surface area contributed by atoms with Crippen LogP contribution < -0.4 is 0 Å². The molecule has 0 aliphatic carbocycles. The lowest BCUT2D eigenvalue weighted by Crippen LogP contribution is -2.35. The summed E-state index contributed by atoms with van der Waals surface area (Å²) in [6, 6.07) is 0. The van der Waals surface area contributed by atoms with Crippen molar-refractivity contribution in [2.24, 2.45) is 0 Å². The van der Waals surface area contributed by atoms with Gasteiger partial charge in [-0.15, -0.1) is 0 Å². The third-order valence-corrected chi connectivity index (χ3v) is 1.64. The number of rotatable bonds is 2. The Morgan fingerprint density at radius 2 is 1.80 bits per heavy atom. The van der Waals surface area contributed by atoms with Crippen LogP contribution in [-0.2, 0) is 14.9 Å². The molecule has 10 heavy (non-hydrogen) atoms. The van der Waals surface area contributed by atoms with Gasteiger partial charge in [-0.2, -0.15) is 8.78 Å². The first-order valence-corrected chi connectivity index (χ1v) is 3.44. The lowest BCUT2D eigenvalue weighted by molar-refractivity contribution is -0.131. The fourth-order valence-corrected chi connectivity index (χ4v) is 0.528. The van der Waals surface area contributed by atoms with Gasteiger partial charge in [-0.05, 0) is 0 Å². The summed E-state index contributed by atoms with van der Waals surface area (Å²) < 4.78 is 52.3. The van der Waals surface area contributed by atoms with E-state index >= 15 is 0 Å². The molecule has 0 saturated heterocycles. The van der Waals surface area contributed by atoms with E-state index in [1.54, 1.807) is 0 Å². The van der Waals surface area contributed by atoms with Crippen molar-refractivity contribution in [1.82, 2.24) is 0 Å². The highest BCUT2D eigenvalue weighted by molar-refractivity contribution is 7.87. The molecule has 0 saturated carbocycles. The van der Waals surface area contributed by atoms with Crippen LogP contribution in [0.25, 0.3) is 0 Å². The van der Waals surface area contributed by atoms with E-state index in [4.69, 9.17) is 0 Å². The maximum atomic E-state index is 11.8. The Morgan fingerprint density at radius 1 is 1.50 bits per heavy atom. The van der Waals surface area contributed by atoms with Gasteiger partial charge >= 0.3 is 5.25 Å². The zero-order valence-electron chi connectivity index (χ0n) is 4.80. The van der Waals surface area contributed by atoms with Gasteiger partial charge in [-0.25, -0.2) is 8.42 Å². The minimum atomic E-state index is -5.83. The molecule has 0 rings (SSSR count). The van der Waals surface area contributed by atoms with E-state index in [0.717, 1.165) is 0 Å². The predicted molar refractivity (Wildman–Crippen MR) is 25.3 cm³/mol. The van der Waals surface area contributed by atoms with Crippen LogP contribution in [0.15, 0.2) is 0 Å². The van der Waals surface area contributed by atoms with Crippen molar-refractivity contribution in [3.8, 4) is 0 Å². The molecule has 0 radical (unpaired) electrons. The summed E-state index contributed by atoms with van der Waals surface area (Å²) >= 11 is 0. The van der Waals surface area contributed by atoms with Crippen molar-refractivity contribution in [1.29, 1.82) is 0 Å². The number of halogens is 2. The molecular weight excluding hydrogens is 170 g/mol. The average molecular weight is 173 g/mol. The number of hydrogen-bond donors (Lipinski definition) is 0. The first kappa shape index (κ1) is 9.44. The first-order valence-electron chi connectivity index (χ1n) is 2.04. The quantitative estimate of drug-likeness (QED) is 0.538. The van der Waals surface area contributed by atoms with Crippen molar-refractivity contribution in [2.45, 2.75) is 12.2 Å². The topological polar surface area (TPSA) is 74.3 Å². The average Bonchev–Trinajstić information content (AvgIpc) is 1.62. The summed E-state index contributed by atoms with van der Waals surface area (Å²) in [5, 5.41) is -4.78. The van der Waals surface area contributed by atoms with Crippen LogP contribution in [0.4, 0.5) is 8.78 Å². The number of carbonyl (C=O) groups is 1. The van der Waals surface area contributed by atoms with Crippen LogP contribution in [0.5, 0.6) is 0 Å². The van der Waals surface area contributed by atoms with Gasteiger partial charge in [-0.1, -0.05) is 0 Å². The van der Waals surface area contributed by atoms with E-state index < -0.39 is 21.2 Å². The minimum absolute atomic E-state index is 0.329. The number of Topliss-reactive ketones (excluding diaryl/α,β-unsaturated/α-hetero) is 1. The predicted octanol–water partition coefficient (Wildman–Crippen LogP) is -0.287.